The number of methoxy groups -OCH3 is 1. The lowest BCUT2D eigenvalue weighted by molar-refractivity contribution is 0.0952. The average molecular weight is 461 g/mol. The van der Waals surface area contributed by atoms with Gasteiger partial charge in [0.1, 0.15) is 5.75 Å². The topological polar surface area (TPSA) is 66.5 Å². The number of anilines is 1. The van der Waals surface area contributed by atoms with Crippen LogP contribution in [0.5, 0.6) is 5.75 Å². The van der Waals surface area contributed by atoms with Crippen molar-refractivity contribution in [2.75, 3.05) is 38.6 Å². The van der Waals surface area contributed by atoms with Crippen molar-refractivity contribution in [3.63, 3.8) is 0 Å². The van der Waals surface area contributed by atoms with Crippen molar-refractivity contribution in [1.82, 2.24) is 15.2 Å². The Morgan fingerprint density at radius 1 is 1.24 bits per heavy atom. The first-order valence-corrected chi connectivity index (χ1v) is 11.0. The van der Waals surface area contributed by atoms with Crippen LogP contribution in [0, 0.1) is 0 Å². The first kappa shape index (κ1) is 21.6. The second-order valence-electron chi connectivity index (χ2n) is 7.32. The fourth-order valence-corrected chi connectivity index (χ4v) is 3.95. The molecule has 1 aromatic carbocycles. The molecule has 0 atom stereocenters. The molecule has 1 aliphatic heterocycles. The van der Waals surface area contributed by atoms with E-state index < -0.39 is 0 Å². The highest BCUT2D eigenvalue weighted by Crippen LogP contribution is 2.26. The Morgan fingerprint density at radius 3 is 2.79 bits per heavy atom. The number of hydrogen-bond acceptors (Lipinski definition) is 5. The second-order valence-corrected chi connectivity index (χ2v) is 8.23. The van der Waals surface area contributed by atoms with E-state index in [0.717, 1.165) is 61.2 Å². The number of amides is 1. The molecule has 3 rings (SSSR count). The fraction of sp³-hybridized carbons (Fsp3) is 0.455. The summed E-state index contributed by atoms with van der Waals surface area (Å²) in [5.74, 6) is 0.831. The van der Waals surface area contributed by atoms with Crippen LogP contribution in [0.25, 0.3) is 0 Å². The van der Waals surface area contributed by atoms with E-state index in [1.54, 1.807) is 25.6 Å². The van der Waals surface area contributed by atoms with Gasteiger partial charge in [0.2, 0.25) is 0 Å². The number of aromatic nitrogens is 1. The summed E-state index contributed by atoms with van der Waals surface area (Å²) in [4.78, 5) is 18.6. The standard InChI is InChI=1S/C22H29BrN4O2/c1-29-21-7-3-2-6-20(21)26-19-8-12-27(13-9-19)11-5-4-10-25-22(28)17-14-18(23)16-24-15-17/h2-3,6-7,14-16,19,26H,4-5,8-13H2,1H3,(H,25,28). The van der Waals surface area contributed by atoms with E-state index >= 15 is 0 Å². The third-order valence-electron chi connectivity index (χ3n) is 5.21. The minimum Gasteiger partial charge on any atom is -0.495 e. The smallest absolute Gasteiger partial charge is 0.252 e. The molecule has 2 N–H and O–H groups in total. The number of para-hydroxylation sites is 2. The summed E-state index contributed by atoms with van der Waals surface area (Å²) in [6, 6.07) is 10.4. The molecule has 0 unspecified atom stereocenters. The van der Waals surface area contributed by atoms with Gasteiger partial charge in [0.05, 0.1) is 18.4 Å². The minimum absolute atomic E-state index is 0.0676. The number of pyridine rings is 1. The average Bonchev–Trinajstić information content (AvgIpc) is 2.75. The monoisotopic (exact) mass is 460 g/mol. The van der Waals surface area contributed by atoms with Crippen LogP contribution in [0.1, 0.15) is 36.0 Å². The molecule has 0 saturated carbocycles. The van der Waals surface area contributed by atoms with Gasteiger partial charge >= 0.3 is 0 Å². The third-order valence-corrected chi connectivity index (χ3v) is 5.64. The van der Waals surface area contributed by atoms with Crippen molar-refractivity contribution in [2.45, 2.75) is 31.7 Å². The van der Waals surface area contributed by atoms with E-state index in [9.17, 15) is 4.79 Å². The molecule has 0 spiro atoms. The lowest BCUT2D eigenvalue weighted by Gasteiger charge is -2.33. The van der Waals surface area contributed by atoms with Crippen molar-refractivity contribution in [1.29, 1.82) is 0 Å². The van der Waals surface area contributed by atoms with Gasteiger partial charge in [-0.25, -0.2) is 0 Å². The summed E-state index contributed by atoms with van der Waals surface area (Å²) in [6.45, 7) is 3.97. The van der Waals surface area contributed by atoms with E-state index in [1.807, 2.05) is 18.2 Å². The van der Waals surface area contributed by atoms with Crippen LogP contribution in [-0.4, -0.2) is 55.1 Å². The van der Waals surface area contributed by atoms with E-state index in [1.165, 1.54) is 0 Å². The molecule has 1 aromatic heterocycles. The zero-order chi connectivity index (χ0) is 20.5. The SMILES string of the molecule is COc1ccccc1NC1CCN(CCCCNC(=O)c2cncc(Br)c2)CC1. The van der Waals surface area contributed by atoms with Crippen molar-refractivity contribution in [3.05, 3.63) is 52.8 Å². The van der Waals surface area contributed by atoms with Crippen LogP contribution < -0.4 is 15.4 Å². The number of likely N-dealkylation sites (tertiary alicyclic amines) is 1. The lowest BCUT2D eigenvalue weighted by atomic mass is 10.0. The number of piperidine rings is 1. The van der Waals surface area contributed by atoms with E-state index in [2.05, 4.69) is 42.5 Å². The van der Waals surface area contributed by atoms with Gasteiger partial charge in [-0.1, -0.05) is 12.1 Å². The zero-order valence-corrected chi connectivity index (χ0v) is 18.5. The maximum absolute atomic E-state index is 12.1. The van der Waals surface area contributed by atoms with Crippen molar-refractivity contribution < 1.29 is 9.53 Å². The van der Waals surface area contributed by atoms with Gasteiger partial charge in [-0.15, -0.1) is 0 Å². The number of nitrogens with one attached hydrogen (secondary N) is 2. The Hall–Kier alpha value is -2.12. The van der Waals surface area contributed by atoms with Gasteiger partial charge in [0.15, 0.2) is 0 Å². The number of ether oxygens (including phenoxy) is 1. The predicted molar refractivity (Wildman–Crippen MR) is 120 cm³/mol. The molecule has 0 radical (unpaired) electrons. The van der Waals surface area contributed by atoms with Crippen LogP contribution in [-0.2, 0) is 0 Å². The van der Waals surface area contributed by atoms with Gasteiger partial charge in [-0.05, 0) is 66.4 Å². The number of unbranched alkanes of at least 4 members (excludes halogenated alkanes) is 1. The number of rotatable bonds is 9. The first-order valence-electron chi connectivity index (χ1n) is 10.2. The van der Waals surface area contributed by atoms with E-state index in [0.29, 0.717) is 18.2 Å². The molecule has 2 aromatic rings. The maximum atomic E-state index is 12.1. The number of benzene rings is 1. The highest BCUT2D eigenvalue weighted by molar-refractivity contribution is 9.10. The van der Waals surface area contributed by atoms with Crippen LogP contribution in [0.2, 0.25) is 0 Å². The van der Waals surface area contributed by atoms with Crippen LogP contribution in [0.4, 0.5) is 5.69 Å². The van der Waals surface area contributed by atoms with Gasteiger partial charge in [-0.3, -0.25) is 9.78 Å². The fourth-order valence-electron chi connectivity index (χ4n) is 3.59. The number of carbonyl (C=O) groups is 1. The number of hydrogen-bond donors (Lipinski definition) is 2. The second kappa shape index (κ2) is 11.2. The Balaban J connectivity index is 1.30. The third kappa shape index (κ3) is 6.72. The van der Waals surface area contributed by atoms with Crippen molar-refractivity contribution in [3.8, 4) is 5.75 Å². The molecule has 1 fully saturated rings. The van der Waals surface area contributed by atoms with E-state index in [4.69, 9.17) is 4.74 Å². The molecule has 7 heteroatoms. The summed E-state index contributed by atoms with van der Waals surface area (Å²) < 4.78 is 6.24. The van der Waals surface area contributed by atoms with Crippen molar-refractivity contribution in [2.24, 2.45) is 0 Å². The van der Waals surface area contributed by atoms with Crippen LogP contribution >= 0.6 is 15.9 Å². The Labute approximate surface area is 181 Å². The van der Waals surface area contributed by atoms with Gasteiger partial charge in [0.25, 0.3) is 5.91 Å². The van der Waals surface area contributed by atoms with Gasteiger partial charge < -0.3 is 20.3 Å². The zero-order valence-electron chi connectivity index (χ0n) is 16.9. The molecule has 0 aliphatic carbocycles. The number of nitrogens with zero attached hydrogens (tertiary/aromatic N) is 2. The molecule has 2 heterocycles. The van der Waals surface area contributed by atoms with Crippen molar-refractivity contribution >= 4 is 27.5 Å². The molecule has 1 amide bonds. The highest BCUT2D eigenvalue weighted by atomic mass is 79.9. The summed E-state index contributed by atoms with van der Waals surface area (Å²) >= 11 is 3.34. The predicted octanol–water partition coefficient (Wildman–Crippen LogP) is 3.94. The maximum Gasteiger partial charge on any atom is 0.252 e. The Bertz CT molecular complexity index is 794. The molecule has 6 nitrogen and oxygen atoms in total. The quantitative estimate of drug-likeness (QED) is 0.554. The molecule has 29 heavy (non-hydrogen) atoms. The van der Waals surface area contributed by atoms with Gasteiger partial charge in [0, 0.05) is 42.5 Å². The molecule has 156 valence electrons. The normalized spacial score (nSPS) is 15.1. The minimum atomic E-state index is -0.0676. The molecule has 1 saturated heterocycles. The molecular weight excluding hydrogens is 432 g/mol. The Morgan fingerprint density at radius 2 is 2.03 bits per heavy atom. The molecular formula is C22H29BrN4O2. The lowest BCUT2D eigenvalue weighted by Crippen LogP contribution is -2.39. The first-order chi connectivity index (χ1) is 14.2. The van der Waals surface area contributed by atoms with E-state index in [-0.39, 0.29) is 5.91 Å². The summed E-state index contributed by atoms with van der Waals surface area (Å²) in [6.07, 6.45) is 7.58. The van der Waals surface area contributed by atoms with Crippen LogP contribution in [0.15, 0.2) is 47.2 Å². The van der Waals surface area contributed by atoms with Crippen LogP contribution in [0.3, 0.4) is 0 Å². The van der Waals surface area contributed by atoms with Gasteiger partial charge in [-0.2, -0.15) is 0 Å². The largest absolute Gasteiger partial charge is 0.495 e. The molecule has 0 bridgehead atoms. The number of carbonyl (C=O) groups excluding carboxylic acids is 1. The number of halogens is 1. The summed E-state index contributed by atoms with van der Waals surface area (Å²) in [5.41, 5.74) is 1.66. The summed E-state index contributed by atoms with van der Waals surface area (Å²) in [5, 5.41) is 6.59. The molecule has 1 aliphatic rings. The Kier molecular flexibility index (Phi) is 8.31. The summed E-state index contributed by atoms with van der Waals surface area (Å²) in [7, 11) is 1.71. The highest BCUT2D eigenvalue weighted by Gasteiger charge is 2.19.